The predicted octanol–water partition coefficient (Wildman–Crippen LogP) is 5.00. The molecule has 0 amide bonds. The van der Waals surface area contributed by atoms with Gasteiger partial charge in [-0.1, -0.05) is 29.8 Å². The van der Waals surface area contributed by atoms with Crippen LogP contribution >= 0.6 is 11.6 Å². The van der Waals surface area contributed by atoms with Crippen molar-refractivity contribution in [3.8, 4) is 0 Å². The van der Waals surface area contributed by atoms with Crippen LogP contribution in [0.15, 0.2) is 65.9 Å². The van der Waals surface area contributed by atoms with Gasteiger partial charge in [-0.25, -0.2) is 4.39 Å². The molecule has 0 saturated heterocycles. The average Bonchev–Trinajstić information content (AvgIpc) is 2.54. The van der Waals surface area contributed by atoms with E-state index in [2.05, 4.69) is 0 Å². The summed E-state index contributed by atoms with van der Waals surface area (Å²) in [6.45, 7) is 3.75. The Kier molecular flexibility index (Phi) is 4.24. The number of nitrogens with zero attached hydrogens (tertiary/aromatic N) is 1. The lowest BCUT2D eigenvalue weighted by Crippen LogP contribution is -2.27. The third-order valence-corrected chi connectivity index (χ3v) is 4.32. The van der Waals surface area contributed by atoms with Crippen LogP contribution in [0.25, 0.3) is 5.70 Å². The summed E-state index contributed by atoms with van der Waals surface area (Å²) in [6, 6.07) is 14.1. The van der Waals surface area contributed by atoms with E-state index in [1.807, 2.05) is 55.3 Å². The maximum Gasteiger partial charge on any atom is 0.124 e. The van der Waals surface area contributed by atoms with Crippen molar-refractivity contribution in [2.24, 2.45) is 0 Å². The second-order valence-corrected chi connectivity index (χ2v) is 6.04. The molecule has 0 radical (unpaired) electrons. The minimum absolute atomic E-state index is 0.320. The van der Waals surface area contributed by atoms with E-state index in [0.29, 0.717) is 10.6 Å². The van der Waals surface area contributed by atoms with E-state index in [1.165, 1.54) is 12.1 Å². The van der Waals surface area contributed by atoms with Crippen molar-refractivity contribution in [2.75, 3.05) is 4.90 Å². The molecule has 2 aromatic carbocycles. The number of halogens is 2. The quantitative estimate of drug-likeness (QED) is 0.838. The molecule has 1 atom stereocenters. The largest absolute Gasteiger partial charge is 0.384 e. The third kappa shape index (κ3) is 2.90. The molecule has 4 heteroatoms. The zero-order valence-corrected chi connectivity index (χ0v) is 13.7. The van der Waals surface area contributed by atoms with Crippen molar-refractivity contribution >= 4 is 23.0 Å². The molecule has 23 heavy (non-hydrogen) atoms. The van der Waals surface area contributed by atoms with E-state index in [4.69, 9.17) is 11.6 Å². The van der Waals surface area contributed by atoms with Gasteiger partial charge in [0.05, 0.1) is 16.8 Å². The van der Waals surface area contributed by atoms with E-state index < -0.39 is 6.10 Å². The standard InChI is InChI=1S/C19H17ClFNO/c1-12-11-22(15-6-4-3-5-7-15)18(13(2)19(12)23)16-9-8-14(21)10-17(16)20/h3-11,19,23H,1-2H3. The van der Waals surface area contributed by atoms with Gasteiger partial charge in [-0.15, -0.1) is 0 Å². The normalized spacial score (nSPS) is 18.2. The molecule has 3 rings (SSSR count). The molecule has 2 nitrogen and oxygen atoms in total. The van der Waals surface area contributed by atoms with Gasteiger partial charge in [0.2, 0.25) is 0 Å². The highest BCUT2D eigenvalue weighted by atomic mass is 35.5. The van der Waals surface area contributed by atoms with E-state index in [1.54, 1.807) is 6.07 Å². The minimum atomic E-state index is -0.675. The van der Waals surface area contributed by atoms with E-state index in [0.717, 1.165) is 22.5 Å². The first kappa shape index (κ1) is 15.8. The average molecular weight is 330 g/mol. The first-order valence-electron chi connectivity index (χ1n) is 7.36. The molecule has 0 bridgehead atoms. The number of anilines is 1. The highest BCUT2D eigenvalue weighted by molar-refractivity contribution is 6.32. The number of hydrogen-bond donors (Lipinski definition) is 1. The first-order valence-corrected chi connectivity index (χ1v) is 7.73. The maximum atomic E-state index is 13.4. The van der Waals surface area contributed by atoms with Gasteiger partial charge in [0.1, 0.15) is 5.82 Å². The van der Waals surface area contributed by atoms with Crippen molar-refractivity contribution in [3.63, 3.8) is 0 Å². The van der Waals surface area contributed by atoms with Crippen LogP contribution in [-0.2, 0) is 0 Å². The fourth-order valence-electron chi connectivity index (χ4n) is 2.82. The number of aliphatic hydroxyl groups is 1. The predicted molar refractivity (Wildman–Crippen MR) is 92.7 cm³/mol. The van der Waals surface area contributed by atoms with Crippen LogP contribution in [0.3, 0.4) is 0 Å². The molecule has 1 N–H and O–H groups in total. The number of aliphatic hydroxyl groups excluding tert-OH is 1. The van der Waals surface area contributed by atoms with Gasteiger partial charge in [0.15, 0.2) is 0 Å². The van der Waals surface area contributed by atoms with E-state index in [9.17, 15) is 9.50 Å². The van der Waals surface area contributed by atoms with Crippen molar-refractivity contribution in [1.29, 1.82) is 0 Å². The number of benzene rings is 2. The Balaban J connectivity index is 2.20. The Hall–Kier alpha value is -2.10. The van der Waals surface area contributed by atoms with Gasteiger partial charge in [-0.05, 0) is 55.3 Å². The summed E-state index contributed by atoms with van der Waals surface area (Å²) in [7, 11) is 0. The van der Waals surface area contributed by atoms with Crippen LogP contribution < -0.4 is 4.90 Å². The van der Waals surface area contributed by atoms with Gasteiger partial charge < -0.3 is 10.0 Å². The first-order chi connectivity index (χ1) is 11.0. The van der Waals surface area contributed by atoms with E-state index in [-0.39, 0.29) is 5.82 Å². The number of rotatable bonds is 2. The molecule has 2 aromatic rings. The highest BCUT2D eigenvalue weighted by Crippen LogP contribution is 2.38. The lowest BCUT2D eigenvalue weighted by Gasteiger charge is -2.33. The minimum Gasteiger partial charge on any atom is -0.384 e. The second-order valence-electron chi connectivity index (χ2n) is 5.64. The molecule has 118 valence electrons. The summed E-state index contributed by atoms with van der Waals surface area (Å²) in [6.07, 6.45) is 1.22. The van der Waals surface area contributed by atoms with Gasteiger partial charge in [-0.3, -0.25) is 0 Å². The fourth-order valence-corrected chi connectivity index (χ4v) is 3.07. The van der Waals surface area contributed by atoms with Crippen LogP contribution in [0.4, 0.5) is 10.1 Å². The van der Waals surface area contributed by atoms with E-state index >= 15 is 0 Å². The summed E-state index contributed by atoms with van der Waals surface area (Å²) in [5, 5.41) is 10.7. The Morgan fingerprint density at radius 1 is 1.09 bits per heavy atom. The molecular weight excluding hydrogens is 313 g/mol. The van der Waals surface area contributed by atoms with Gasteiger partial charge in [0.25, 0.3) is 0 Å². The molecule has 1 heterocycles. The number of para-hydroxylation sites is 1. The molecule has 0 saturated carbocycles. The molecule has 0 spiro atoms. The van der Waals surface area contributed by atoms with Crippen molar-refractivity contribution in [3.05, 3.63) is 82.3 Å². The molecule has 1 aliphatic rings. The maximum absolute atomic E-state index is 13.4. The van der Waals surface area contributed by atoms with Crippen LogP contribution in [0.5, 0.6) is 0 Å². The van der Waals surface area contributed by atoms with Crippen LogP contribution in [0, 0.1) is 5.82 Å². The summed E-state index contributed by atoms with van der Waals surface area (Å²) in [4.78, 5) is 1.98. The Bertz CT molecular complexity index is 798. The lowest BCUT2D eigenvalue weighted by atomic mass is 9.94. The summed E-state index contributed by atoms with van der Waals surface area (Å²) in [5.41, 5.74) is 4.04. The lowest BCUT2D eigenvalue weighted by molar-refractivity contribution is 0.245. The Morgan fingerprint density at radius 2 is 1.78 bits per heavy atom. The highest BCUT2D eigenvalue weighted by Gasteiger charge is 2.26. The molecule has 0 fully saturated rings. The fraction of sp³-hybridized carbons (Fsp3) is 0.158. The van der Waals surface area contributed by atoms with Crippen LogP contribution in [-0.4, -0.2) is 11.2 Å². The van der Waals surface area contributed by atoms with Crippen molar-refractivity contribution < 1.29 is 9.50 Å². The Labute approximate surface area is 140 Å². The number of hydrogen-bond acceptors (Lipinski definition) is 2. The van der Waals surface area contributed by atoms with Crippen LogP contribution in [0.1, 0.15) is 19.4 Å². The topological polar surface area (TPSA) is 23.5 Å². The molecular formula is C19H17ClFNO. The van der Waals surface area contributed by atoms with Crippen molar-refractivity contribution in [2.45, 2.75) is 20.0 Å². The van der Waals surface area contributed by atoms with Gasteiger partial charge >= 0.3 is 0 Å². The van der Waals surface area contributed by atoms with Crippen LogP contribution in [0.2, 0.25) is 5.02 Å². The van der Waals surface area contributed by atoms with Gasteiger partial charge in [-0.2, -0.15) is 0 Å². The zero-order chi connectivity index (χ0) is 16.6. The second kappa shape index (κ2) is 6.19. The smallest absolute Gasteiger partial charge is 0.124 e. The summed E-state index contributed by atoms with van der Waals surface area (Å²) >= 11 is 6.26. The molecule has 0 aliphatic carbocycles. The Morgan fingerprint density at radius 3 is 2.43 bits per heavy atom. The summed E-state index contributed by atoms with van der Waals surface area (Å²) < 4.78 is 13.4. The van der Waals surface area contributed by atoms with Gasteiger partial charge in [0, 0.05) is 17.5 Å². The monoisotopic (exact) mass is 329 g/mol. The third-order valence-electron chi connectivity index (χ3n) is 4.01. The van der Waals surface area contributed by atoms with Crippen molar-refractivity contribution in [1.82, 2.24) is 0 Å². The SMILES string of the molecule is CC1=CN(c2ccccc2)C(c2ccc(F)cc2Cl)=C(C)C1O. The molecule has 0 aromatic heterocycles. The zero-order valence-electron chi connectivity index (χ0n) is 12.9. The molecule has 1 aliphatic heterocycles. The summed E-state index contributed by atoms with van der Waals surface area (Å²) in [5.74, 6) is -0.383. The molecule has 1 unspecified atom stereocenters.